The van der Waals surface area contributed by atoms with E-state index in [0.29, 0.717) is 5.92 Å². The number of rotatable bonds is 2. The first-order chi connectivity index (χ1) is 4.86. The van der Waals surface area contributed by atoms with Crippen molar-refractivity contribution in [3.05, 3.63) is 0 Å². The molecule has 1 aliphatic carbocycles. The first-order valence-corrected chi connectivity index (χ1v) is 5.67. The molecule has 0 aromatic carbocycles. The minimum absolute atomic E-state index is 0.0824. The van der Waals surface area contributed by atoms with E-state index < -0.39 is 0 Å². The van der Waals surface area contributed by atoms with E-state index in [1.807, 2.05) is 0 Å². The third-order valence-electron chi connectivity index (χ3n) is 2.41. The molecule has 3 atom stereocenters. The van der Waals surface area contributed by atoms with E-state index in [1.165, 1.54) is 12.8 Å². The van der Waals surface area contributed by atoms with Gasteiger partial charge in [-0.15, -0.1) is 8.58 Å². The smallest absolute Gasteiger partial charge is 0.0922 e. The van der Waals surface area contributed by atoms with Crippen molar-refractivity contribution in [1.29, 1.82) is 0 Å². The van der Waals surface area contributed by atoms with Crippen molar-refractivity contribution in [3.63, 3.8) is 0 Å². The van der Waals surface area contributed by atoms with Crippen molar-refractivity contribution >= 4 is 8.58 Å². The zero-order valence-electron chi connectivity index (χ0n) is 6.57. The molecule has 0 aromatic rings. The van der Waals surface area contributed by atoms with Crippen LogP contribution in [0.3, 0.4) is 0 Å². The molecule has 0 aromatic heterocycles. The predicted molar refractivity (Wildman–Crippen MR) is 46.0 cm³/mol. The van der Waals surface area contributed by atoms with Gasteiger partial charge < -0.3 is 0 Å². The molecule has 0 N–H and O–H groups in total. The van der Waals surface area contributed by atoms with Crippen LogP contribution in [0.5, 0.6) is 0 Å². The Hall–Kier alpha value is 0.360. The van der Waals surface area contributed by atoms with E-state index in [9.17, 15) is 4.39 Å². The van der Waals surface area contributed by atoms with Crippen molar-refractivity contribution in [2.75, 3.05) is 13.3 Å². The summed E-state index contributed by atoms with van der Waals surface area (Å²) in [6.45, 7) is 2.16. The van der Waals surface area contributed by atoms with Crippen LogP contribution in [-0.4, -0.2) is 19.0 Å². The van der Waals surface area contributed by atoms with Gasteiger partial charge in [-0.05, 0) is 37.5 Å². The lowest BCUT2D eigenvalue weighted by Gasteiger charge is -2.26. The molecular weight excluding hydrogens is 146 g/mol. The van der Waals surface area contributed by atoms with Crippen LogP contribution in [0.15, 0.2) is 0 Å². The quantitative estimate of drug-likeness (QED) is 0.548. The van der Waals surface area contributed by atoms with Crippen molar-refractivity contribution in [3.8, 4) is 0 Å². The largest absolute Gasteiger partial charge is 0.251 e. The third kappa shape index (κ3) is 2.20. The highest BCUT2D eigenvalue weighted by Crippen LogP contribution is 2.33. The van der Waals surface area contributed by atoms with Crippen LogP contribution < -0.4 is 0 Å². The second-order valence-corrected chi connectivity index (χ2v) is 4.57. The predicted octanol–water partition coefficient (Wildman–Crippen LogP) is 2.82. The molecule has 1 fully saturated rings. The van der Waals surface area contributed by atoms with E-state index in [4.69, 9.17) is 0 Å². The van der Waals surface area contributed by atoms with Crippen LogP contribution >= 0.6 is 8.58 Å². The van der Waals surface area contributed by atoms with E-state index >= 15 is 0 Å². The SMILES string of the molecule is CPC1CCCC(CF)C1. The summed E-state index contributed by atoms with van der Waals surface area (Å²) < 4.78 is 12.2. The maximum Gasteiger partial charge on any atom is 0.0922 e. The lowest BCUT2D eigenvalue weighted by Crippen LogP contribution is -2.17. The zero-order valence-corrected chi connectivity index (χ0v) is 7.57. The molecule has 1 rings (SSSR count). The van der Waals surface area contributed by atoms with E-state index in [-0.39, 0.29) is 6.67 Å². The minimum atomic E-state index is -0.0824. The van der Waals surface area contributed by atoms with Crippen LogP contribution in [0.1, 0.15) is 25.7 Å². The van der Waals surface area contributed by atoms with Gasteiger partial charge in [0.05, 0.1) is 6.67 Å². The van der Waals surface area contributed by atoms with Crippen molar-refractivity contribution in [1.82, 2.24) is 0 Å². The number of halogens is 1. The molecule has 0 nitrogen and oxygen atoms in total. The molecule has 3 unspecified atom stereocenters. The minimum Gasteiger partial charge on any atom is -0.251 e. The number of hydrogen-bond donors (Lipinski definition) is 0. The summed E-state index contributed by atoms with van der Waals surface area (Å²) in [4.78, 5) is 0. The normalized spacial score (nSPS) is 35.4. The van der Waals surface area contributed by atoms with E-state index in [1.54, 1.807) is 0 Å². The van der Waals surface area contributed by atoms with Gasteiger partial charge in [-0.3, -0.25) is 4.39 Å². The molecule has 0 bridgehead atoms. The molecule has 10 heavy (non-hydrogen) atoms. The summed E-state index contributed by atoms with van der Waals surface area (Å²) in [7, 11) is 1.03. The Kier molecular flexibility index (Phi) is 3.62. The Bertz CT molecular complexity index is 85.3. The van der Waals surface area contributed by atoms with Gasteiger partial charge in [0.15, 0.2) is 0 Å². The number of hydrogen-bond acceptors (Lipinski definition) is 0. The highest BCUT2D eigenvalue weighted by Gasteiger charge is 2.19. The van der Waals surface area contributed by atoms with Crippen LogP contribution in [-0.2, 0) is 0 Å². The van der Waals surface area contributed by atoms with Gasteiger partial charge in [-0.2, -0.15) is 0 Å². The standard InChI is InChI=1S/C8H16FP/c1-10-8-4-2-3-7(5-8)6-9/h7-8,10H,2-6H2,1H3. The average Bonchev–Trinajstić information content (AvgIpc) is 2.05. The summed E-state index contributed by atoms with van der Waals surface area (Å²) in [6, 6.07) is 0. The highest BCUT2D eigenvalue weighted by atomic mass is 31.1. The molecule has 0 radical (unpaired) electrons. The summed E-state index contributed by atoms with van der Waals surface area (Å²) in [5.74, 6) is 0.409. The van der Waals surface area contributed by atoms with Gasteiger partial charge in [-0.25, -0.2) is 0 Å². The van der Waals surface area contributed by atoms with Crippen molar-refractivity contribution < 1.29 is 4.39 Å². The molecule has 1 saturated carbocycles. The van der Waals surface area contributed by atoms with Gasteiger partial charge in [0.25, 0.3) is 0 Å². The molecule has 0 spiro atoms. The van der Waals surface area contributed by atoms with Gasteiger partial charge >= 0.3 is 0 Å². The maximum absolute atomic E-state index is 12.2. The molecule has 1 aliphatic rings. The summed E-state index contributed by atoms with van der Waals surface area (Å²) in [6.07, 6.45) is 4.91. The summed E-state index contributed by atoms with van der Waals surface area (Å²) >= 11 is 0. The summed E-state index contributed by atoms with van der Waals surface area (Å²) in [5.41, 5.74) is 0.856. The fraction of sp³-hybridized carbons (Fsp3) is 1.00. The van der Waals surface area contributed by atoms with Crippen molar-refractivity contribution in [2.24, 2.45) is 5.92 Å². The highest BCUT2D eigenvalue weighted by molar-refractivity contribution is 7.37. The summed E-state index contributed by atoms with van der Waals surface area (Å²) in [5, 5.41) is 0. The second-order valence-electron chi connectivity index (χ2n) is 3.17. The maximum atomic E-state index is 12.2. The zero-order chi connectivity index (χ0) is 7.40. The second kappa shape index (κ2) is 4.28. The monoisotopic (exact) mass is 162 g/mol. The molecule has 0 amide bonds. The van der Waals surface area contributed by atoms with Crippen LogP contribution in [0.25, 0.3) is 0 Å². The molecule has 0 heterocycles. The topological polar surface area (TPSA) is 0 Å². The van der Waals surface area contributed by atoms with Crippen LogP contribution in [0.2, 0.25) is 0 Å². The lowest BCUT2D eigenvalue weighted by molar-refractivity contribution is 0.285. The first-order valence-electron chi connectivity index (χ1n) is 4.10. The molecule has 2 heteroatoms. The molecule has 60 valence electrons. The third-order valence-corrected chi connectivity index (χ3v) is 3.75. The van der Waals surface area contributed by atoms with Crippen LogP contribution in [0.4, 0.5) is 4.39 Å². The van der Waals surface area contributed by atoms with Crippen LogP contribution in [0, 0.1) is 5.92 Å². The molecular formula is C8H16FP. The van der Waals surface area contributed by atoms with Gasteiger partial charge in [0, 0.05) is 0 Å². The average molecular weight is 162 g/mol. The Morgan fingerprint density at radius 2 is 2.30 bits per heavy atom. The molecule has 0 aliphatic heterocycles. The van der Waals surface area contributed by atoms with Gasteiger partial charge in [0.2, 0.25) is 0 Å². The molecule has 0 saturated heterocycles. The van der Waals surface area contributed by atoms with Gasteiger partial charge in [-0.1, -0.05) is 6.42 Å². The Morgan fingerprint density at radius 3 is 2.90 bits per heavy atom. The Balaban J connectivity index is 2.25. The fourth-order valence-corrected chi connectivity index (χ4v) is 2.76. The van der Waals surface area contributed by atoms with Gasteiger partial charge in [0.1, 0.15) is 0 Å². The van der Waals surface area contributed by atoms with E-state index in [2.05, 4.69) is 6.66 Å². The van der Waals surface area contributed by atoms with E-state index in [0.717, 1.165) is 27.1 Å². The Morgan fingerprint density at radius 1 is 1.50 bits per heavy atom. The lowest BCUT2D eigenvalue weighted by atomic mass is 9.90. The fourth-order valence-electron chi connectivity index (χ4n) is 1.69. The van der Waals surface area contributed by atoms with Crippen molar-refractivity contribution in [2.45, 2.75) is 31.3 Å². The Labute approximate surface area is 64.4 Å². The number of alkyl halides is 1. The first kappa shape index (κ1) is 8.46.